The summed E-state index contributed by atoms with van der Waals surface area (Å²) in [5.41, 5.74) is 3.22. The Morgan fingerprint density at radius 1 is 1.03 bits per heavy atom. The van der Waals surface area contributed by atoms with Gasteiger partial charge >= 0.3 is 0 Å². The Bertz CT molecular complexity index is 1570. The van der Waals surface area contributed by atoms with Crippen molar-refractivity contribution in [3.63, 3.8) is 0 Å². The minimum absolute atomic E-state index is 0.000432. The van der Waals surface area contributed by atoms with Crippen LogP contribution in [-0.4, -0.2) is 38.6 Å². The Morgan fingerprint density at radius 3 is 2.36 bits per heavy atom. The lowest BCUT2D eigenvalue weighted by molar-refractivity contribution is -0.384. The van der Waals surface area contributed by atoms with E-state index in [-0.39, 0.29) is 10.6 Å². The van der Waals surface area contributed by atoms with Gasteiger partial charge in [0, 0.05) is 17.7 Å². The maximum atomic E-state index is 13.4. The molecular formula is C27H24N4O7S. The topological polar surface area (TPSA) is 144 Å². The third kappa shape index (κ3) is 6.67. The van der Waals surface area contributed by atoms with Gasteiger partial charge in [-0.1, -0.05) is 18.2 Å². The van der Waals surface area contributed by atoms with Gasteiger partial charge in [0.25, 0.3) is 21.6 Å². The van der Waals surface area contributed by atoms with Crippen molar-refractivity contribution in [3.05, 3.63) is 107 Å². The van der Waals surface area contributed by atoms with E-state index in [1.165, 1.54) is 30.5 Å². The maximum Gasteiger partial charge on any atom is 0.269 e. The van der Waals surface area contributed by atoms with Gasteiger partial charge in [-0.3, -0.25) is 19.2 Å². The average Bonchev–Trinajstić information content (AvgIpc) is 3.41. The summed E-state index contributed by atoms with van der Waals surface area (Å²) in [5.74, 6) is 0.621. The van der Waals surface area contributed by atoms with Crippen LogP contribution in [0, 0.1) is 10.1 Å². The van der Waals surface area contributed by atoms with E-state index < -0.39 is 27.4 Å². The number of furan rings is 1. The molecule has 0 spiro atoms. The molecule has 0 saturated heterocycles. The van der Waals surface area contributed by atoms with Crippen LogP contribution in [0.3, 0.4) is 0 Å². The number of hydrogen-bond acceptors (Lipinski definition) is 8. The Morgan fingerprint density at radius 2 is 1.72 bits per heavy atom. The van der Waals surface area contributed by atoms with E-state index in [4.69, 9.17) is 9.15 Å². The molecule has 12 heteroatoms. The summed E-state index contributed by atoms with van der Waals surface area (Å²) in [6.45, 7) is 1.75. The zero-order chi connectivity index (χ0) is 27.8. The normalized spacial score (nSPS) is 11.3. The van der Waals surface area contributed by atoms with Gasteiger partial charge in [0.1, 0.15) is 23.8 Å². The standard InChI is InChI=1S/C27H24N4O7S/c1-2-37-23-12-15-25(16-13-23)39(35,36)30(21-6-4-3-5-7-21)19-27(32)29-28-18-24-14-17-26(38-24)20-8-10-22(11-9-20)31(33)34/h3-18H,2,19H2,1H3,(H,29,32)/b28-18-. The predicted molar refractivity (Wildman–Crippen MR) is 145 cm³/mol. The number of sulfonamides is 1. The first-order valence-corrected chi connectivity index (χ1v) is 13.2. The number of nitrogens with zero attached hydrogens (tertiary/aromatic N) is 3. The molecular weight excluding hydrogens is 524 g/mol. The number of amides is 1. The van der Waals surface area contributed by atoms with Gasteiger partial charge in [0.2, 0.25) is 0 Å². The number of nitro groups is 1. The van der Waals surface area contributed by atoms with Crippen LogP contribution in [0.4, 0.5) is 11.4 Å². The number of carbonyl (C=O) groups is 1. The number of hydrazone groups is 1. The van der Waals surface area contributed by atoms with Crippen LogP contribution in [0.5, 0.6) is 5.75 Å². The minimum Gasteiger partial charge on any atom is -0.494 e. The number of nitro benzene ring substituents is 1. The quantitative estimate of drug-likeness (QED) is 0.164. The van der Waals surface area contributed by atoms with Crippen molar-refractivity contribution in [2.75, 3.05) is 17.5 Å². The van der Waals surface area contributed by atoms with Crippen molar-refractivity contribution in [2.24, 2.45) is 5.10 Å². The van der Waals surface area contributed by atoms with Crippen LogP contribution in [0.2, 0.25) is 0 Å². The van der Waals surface area contributed by atoms with Gasteiger partial charge in [-0.05, 0) is 67.6 Å². The lowest BCUT2D eigenvalue weighted by Crippen LogP contribution is -2.39. The Balaban J connectivity index is 1.46. The van der Waals surface area contributed by atoms with Crippen molar-refractivity contribution in [3.8, 4) is 17.1 Å². The molecule has 0 fully saturated rings. The van der Waals surface area contributed by atoms with Gasteiger partial charge in [-0.15, -0.1) is 0 Å². The third-order valence-corrected chi connectivity index (χ3v) is 7.21. The number of non-ortho nitro benzene ring substituents is 1. The number of anilines is 1. The summed E-state index contributed by atoms with van der Waals surface area (Å²) < 4.78 is 38.9. The second kappa shape index (κ2) is 12.0. The number of carbonyl (C=O) groups excluding carboxylic acids is 1. The highest BCUT2D eigenvalue weighted by molar-refractivity contribution is 7.92. The van der Waals surface area contributed by atoms with E-state index >= 15 is 0 Å². The molecule has 1 heterocycles. The average molecular weight is 549 g/mol. The number of ether oxygens (including phenoxy) is 1. The lowest BCUT2D eigenvalue weighted by atomic mass is 10.1. The van der Waals surface area contributed by atoms with Crippen molar-refractivity contribution < 1.29 is 27.3 Å². The maximum absolute atomic E-state index is 13.4. The zero-order valence-electron chi connectivity index (χ0n) is 20.8. The number of rotatable bonds is 11. The molecule has 0 aliphatic carbocycles. The van der Waals surface area contributed by atoms with Crippen LogP contribution < -0.4 is 14.5 Å². The second-order valence-corrected chi connectivity index (χ2v) is 9.91. The monoisotopic (exact) mass is 548 g/mol. The second-order valence-electron chi connectivity index (χ2n) is 8.05. The van der Waals surface area contributed by atoms with Gasteiger partial charge in [0.05, 0.1) is 28.3 Å². The summed E-state index contributed by atoms with van der Waals surface area (Å²) >= 11 is 0. The Hall–Kier alpha value is -4.97. The van der Waals surface area contributed by atoms with E-state index in [9.17, 15) is 23.3 Å². The summed E-state index contributed by atoms with van der Waals surface area (Å²) in [5, 5.41) is 14.7. The van der Waals surface area contributed by atoms with Crippen molar-refractivity contribution in [2.45, 2.75) is 11.8 Å². The van der Waals surface area contributed by atoms with E-state index in [2.05, 4.69) is 10.5 Å². The molecule has 0 bridgehead atoms. The molecule has 4 aromatic rings. The Labute approximate surface area is 224 Å². The van der Waals surface area contributed by atoms with Crippen LogP contribution in [0.25, 0.3) is 11.3 Å². The van der Waals surface area contributed by atoms with Gasteiger partial charge in [-0.25, -0.2) is 13.8 Å². The van der Waals surface area contributed by atoms with Crippen LogP contribution in [-0.2, 0) is 14.8 Å². The van der Waals surface area contributed by atoms with E-state index in [0.717, 1.165) is 4.31 Å². The van der Waals surface area contributed by atoms with Crippen molar-refractivity contribution >= 4 is 33.5 Å². The van der Waals surface area contributed by atoms with E-state index in [0.29, 0.717) is 35.1 Å². The molecule has 11 nitrogen and oxygen atoms in total. The molecule has 4 rings (SSSR count). The van der Waals surface area contributed by atoms with E-state index in [1.807, 2.05) is 6.92 Å². The first-order valence-electron chi connectivity index (χ1n) is 11.7. The molecule has 200 valence electrons. The van der Waals surface area contributed by atoms with Crippen LogP contribution in [0.15, 0.2) is 105 Å². The van der Waals surface area contributed by atoms with Crippen molar-refractivity contribution in [1.29, 1.82) is 0 Å². The highest BCUT2D eigenvalue weighted by Gasteiger charge is 2.27. The smallest absolute Gasteiger partial charge is 0.269 e. The molecule has 39 heavy (non-hydrogen) atoms. The first kappa shape index (κ1) is 27.1. The fraction of sp³-hybridized carbons (Fsp3) is 0.111. The number of benzene rings is 3. The summed E-state index contributed by atoms with van der Waals surface area (Å²) in [6, 6.07) is 23.3. The molecule has 0 atom stereocenters. The molecule has 1 aromatic heterocycles. The largest absolute Gasteiger partial charge is 0.494 e. The SMILES string of the molecule is CCOc1ccc(S(=O)(=O)N(CC(=O)N/N=C\c2ccc(-c3ccc([N+](=O)[O-])cc3)o2)c2ccccc2)cc1. The van der Waals surface area contributed by atoms with Gasteiger partial charge < -0.3 is 9.15 Å². The number of nitrogens with one attached hydrogen (secondary N) is 1. The summed E-state index contributed by atoms with van der Waals surface area (Å²) in [4.78, 5) is 23.0. The third-order valence-electron chi connectivity index (χ3n) is 5.42. The zero-order valence-corrected chi connectivity index (χ0v) is 21.6. The molecule has 0 radical (unpaired) electrons. The molecule has 0 aliphatic rings. The minimum atomic E-state index is -4.09. The first-order chi connectivity index (χ1) is 18.8. The molecule has 0 aliphatic heterocycles. The molecule has 0 unspecified atom stereocenters. The molecule has 3 aromatic carbocycles. The highest BCUT2D eigenvalue weighted by Crippen LogP contribution is 2.26. The van der Waals surface area contributed by atoms with Gasteiger partial charge in [-0.2, -0.15) is 5.10 Å². The van der Waals surface area contributed by atoms with Gasteiger partial charge in [0.15, 0.2) is 0 Å². The fourth-order valence-corrected chi connectivity index (χ4v) is 4.99. The number of para-hydroxylation sites is 1. The fourth-order valence-electron chi connectivity index (χ4n) is 3.57. The number of hydrogen-bond donors (Lipinski definition) is 1. The predicted octanol–water partition coefficient (Wildman–Crippen LogP) is 4.60. The Kier molecular flexibility index (Phi) is 8.37. The van der Waals surface area contributed by atoms with Crippen LogP contribution >= 0.6 is 0 Å². The molecule has 0 saturated carbocycles. The van der Waals surface area contributed by atoms with E-state index in [1.54, 1.807) is 66.7 Å². The molecule has 1 amide bonds. The highest BCUT2D eigenvalue weighted by atomic mass is 32.2. The summed E-state index contributed by atoms with van der Waals surface area (Å²) in [7, 11) is -4.09. The molecule has 1 N–H and O–H groups in total. The lowest BCUT2D eigenvalue weighted by Gasteiger charge is -2.23. The summed E-state index contributed by atoms with van der Waals surface area (Å²) in [6.07, 6.45) is 1.26. The van der Waals surface area contributed by atoms with Crippen LogP contribution in [0.1, 0.15) is 12.7 Å². The van der Waals surface area contributed by atoms with Crippen molar-refractivity contribution in [1.82, 2.24) is 5.43 Å².